The summed E-state index contributed by atoms with van der Waals surface area (Å²) in [6.07, 6.45) is 5.13. The first kappa shape index (κ1) is 22.1. The number of halogens is 3. The van der Waals surface area contributed by atoms with E-state index in [9.17, 15) is 18.0 Å². The minimum absolute atomic E-state index is 0.182. The Balaban J connectivity index is 1.68. The molecule has 3 aromatic rings. The summed E-state index contributed by atoms with van der Waals surface area (Å²) in [5, 5.41) is 2.89. The fourth-order valence-corrected chi connectivity index (χ4v) is 3.90. The summed E-state index contributed by atoms with van der Waals surface area (Å²) in [5.74, 6) is 0.717. The zero-order valence-electron chi connectivity index (χ0n) is 18.2. The van der Waals surface area contributed by atoms with Crippen LogP contribution in [-0.2, 0) is 0 Å². The van der Waals surface area contributed by atoms with Crippen molar-refractivity contribution in [1.82, 2.24) is 9.38 Å². The molecule has 1 aliphatic carbocycles. The van der Waals surface area contributed by atoms with Gasteiger partial charge in [-0.2, -0.15) is 13.2 Å². The molecule has 4 nitrogen and oxygen atoms in total. The minimum Gasteiger partial charge on any atom is -0.382 e. The van der Waals surface area contributed by atoms with Crippen molar-refractivity contribution in [3.8, 4) is 11.3 Å². The summed E-state index contributed by atoms with van der Waals surface area (Å²) in [6.45, 7) is 3.59. The van der Waals surface area contributed by atoms with Gasteiger partial charge in [-0.3, -0.25) is 9.20 Å². The molecule has 1 fully saturated rings. The Hall–Kier alpha value is -3.09. The fraction of sp³-hybridized carbons (Fsp3) is 0.360. The van der Waals surface area contributed by atoms with E-state index < -0.39 is 12.6 Å². The largest absolute Gasteiger partial charge is 0.390 e. The molecule has 32 heavy (non-hydrogen) atoms. The van der Waals surface area contributed by atoms with Crippen molar-refractivity contribution in [1.29, 1.82) is 0 Å². The number of pyridine rings is 1. The number of fused-ring (bicyclic) bond motifs is 1. The third-order valence-corrected chi connectivity index (χ3v) is 5.70. The molecule has 0 saturated heterocycles. The number of nitrogens with zero attached hydrogens (tertiary/aromatic N) is 2. The predicted molar refractivity (Wildman–Crippen MR) is 121 cm³/mol. The van der Waals surface area contributed by atoms with Gasteiger partial charge in [0.15, 0.2) is 11.4 Å². The Morgan fingerprint density at radius 2 is 2.06 bits per heavy atom. The van der Waals surface area contributed by atoms with Gasteiger partial charge in [0.05, 0.1) is 24.0 Å². The Morgan fingerprint density at radius 1 is 1.28 bits per heavy atom. The first-order valence-electron chi connectivity index (χ1n) is 10.8. The number of hydrogen-bond acceptors (Lipinski definition) is 3. The van der Waals surface area contributed by atoms with Gasteiger partial charge >= 0.3 is 6.18 Å². The number of anilines is 1. The number of carbonyl (C=O) groups excluding carboxylic acids is 1. The van der Waals surface area contributed by atoms with Crippen LogP contribution in [0.15, 0.2) is 42.7 Å². The highest BCUT2D eigenvalue weighted by atomic mass is 19.4. The Morgan fingerprint density at radius 3 is 2.72 bits per heavy atom. The van der Waals surface area contributed by atoms with Crippen molar-refractivity contribution in [2.75, 3.05) is 11.9 Å². The lowest BCUT2D eigenvalue weighted by molar-refractivity contribution is -0.131. The summed E-state index contributed by atoms with van der Waals surface area (Å²) < 4.78 is 39.7. The number of aromatic nitrogens is 2. The van der Waals surface area contributed by atoms with Crippen LogP contribution in [0.25, 0.3) is 23.0 Å². The van der Waals surface area contributed by atoms with Gasteiger partial charge in [0.1, 0.15) is 0 Å². The van der Waals surface area contributed by atoms with E-state index in [2.05, 4.69) is 10.3 Å². The van der Waals surface area contributed by atoms with Crippen molar-refractivity contribution >= 4 is 23.2 Å². The lowest BCUT2D eigenvalue weighted by atomic mass is 9.98. The van der Waals surface area contributed by atoms with E-state index in [1.165, 1.54) is 0 Å². The van der Waals surface area contributed by atoms with Crippen LogP contribution in [-0.4, -0.2) is 27.9 Å². The molecule has 0 atom stereocenters. The predicted octanol–water partition coefficient (Wildman–Crippen LogP) is 6.69. The normalized spacial score (nSPS) is 14.4. The molecular formula is C25H26F3N3O. The van der Waals surface area contributed by atoms with Gasteiger partial charge in [-0.15, -0.1) is 0 Å². The molecule has 0 unspecified atom stereocenters. The zero-order chi connectivity index (χ0) is 22.9. The lowest BCUT2D eigenvalue weighted by Crippen LogP contribution is -2.15. The molecule has 0 aliphatic heterocycles. The Bertz CT molecular complexity index is 1170. The van der Waals surface area contributed by atoms with Crippen LogP contribution >= 0.6 is 0 Å². The molecule has 2 heterocycles. The van der Waals surface area contributed by atoms with Crippen molar-refractivity contribution in [2.24, 2.45) is 5.92 Å². The van der Waals surface area contributed by atoms with Crippen LogP contribution in [0.5, 0.6) is 0 Å². The highest BCUT2D eigenvalue weighted by molar-refractivity contribution is 5.98. The maximum atomic E-state index is 12.6. The monoisotopic (exact) mass is 441 g/mol. The van der Waals surface area contributed by atoms with Crippen LogP contribution in [0, 0.1) is 12.8 Å². The van der Waals surface area contributed by atoms with Crippen molar-refractivity contribution < 1.29 is 18.0 Å². The van der Waals surface area contributed by atoms with Gasteiger partial charge in [0.25, 0.3) is 0 Å². The first-order valence-corrected chi connectivity index (χ1v) is 10.8. The molecule has 1 aliphatic rings. The van der Waals surface area contributed by atoms with E-state index in [0.29, 0.717) is 23.7 Å². The summed E-state index contributed by atoms with van der Waals surface area (Å²) in [7, 11) is 0. The minimum atomic E-state index is -4.22. The number of Topliss-reactive ketones (excluding diaryl/α,β-unsaturated/α-hetero) is 1. The van der Waals surface area contributed by atoms with E-state index in [4.69, 9.17) is 0 Å². The number of carbonyl (C=O) groups is 1. The molecular weight excluding hydrogens is 415 g/mol. The van der Waals surface area contributed by atoms with E-state index >= 15 is 0 Å². The van der Waals surface area contributed by atoms with Gasteiger partial charge in [-0.25, -0.2) is 4.98 Å². The van der Waals surface area contributed by atoms with E-state index in [0.717, 1.165) is 40.8 Å². The highest BCUT2D eigenvalue weighted by Gasteiger charge is 2.27. The molecule has 4 rings (SSSR count). The second-order valence-corrected chi connectivity index (χ2v) is 8.42. The molecule has 0 radical (unpaired) electrons. The molecule has 168 valence electrons. The number of ketones is 1. The number of benzene rings is 1. The Labute approximate surface area is 185 Å². The third kappa shape index (κ3) is 5.03. The van der Waals surface area contributed by atoms with Crippen molar-refractivity contribution in [3.05, 3.63) is 59.4 Å². The van der Waals surface area contributed by atoms with Crippen LogP contribution in [0.3, 0.4) is 0 Å². The first-order chi connectivity index (χ1) is 15.2. The Kier molecular flexibility index (Phi) is 6.09. The molecule has 1 saturated carbocycles. The average Bonchev–Trinajstić information content (AvgIpc) is 3.42. The molecule has 7 heteroatoms. The van der Waals surface area contributed by atoms with E-state index in [-0.39, 0.29) is 12.3 Å². The number of rotatable bonds is 8. The molecule has 1 N–H and O–H groups in total. The summed E-state index contributed by atoms with van der Waals surface area (Å²) in [6, 6.07) is 7.55. The van der Waals surface area contributed by atoms with Gasteiger partial charge in [-0.1, -0.05) is 24.3 Å². The van der Waals surface area contributed by atoms with Crippen LogP contribution in [0.4, 0.5) is 18.9 Å². The van der Waals surface area contributed by atoms with E-state index in [1.54, 1.807) is 12.3 Å². The maximum Gasteiger partial charge on any atom is 0.390 e. The molecule has 0 spiro atoms. The number of alkyl halides is 3. The van der Waals surface area contributed by atoms with Gasteiger partial charge in [0, 0.05) is 30.3 Å². The van der Waals surface area contributed by atoms with Gasteiger partial charge in [0.2, 0.25) is 0 Å². The van der Waals surface area contributed by atoms with Gasteiger partial charge in [-0.05, 0) is 55.9 Å². The molecule has 0 amide bonds. The van der Waals surface area contributed by atoms with E-state index in [1.807, 2.05) is 54.8 Å². The molecule has 0 bridgehead atoms. The number of nitrogens with one attached hydrogen (secondary N) is 1. The SMILES string of the molecule is C/C=C/c1cc(NCCC(F)(F)F)c2ncc(-c3ccc(C(=O)CC4CC4)c(C)c3)n2c1. The quantitative estimate of drug-likeness (QED) is 0.396. The molecule has 1 aromatic carbocycles. The third-order valence-electron chi connectivity index (χ3n) is 5.70. The maximum absolute atomic E-state index is 12.6. The summed E-state index contributed by atoms with van der Waals surface area (Å²) >= 11 is 0. The fourth-order valence-electron chi connectivity index (χ4n) is 3.90. The average molecular weight is 441 g/mol. The number of aryl methyl sites for hydroxylation is 1. The summed E-state index contributed by atoms with van der Waals surface area (Å²) in [4.78, 5) is 17.0. The van der Waals surface area contributed by atoms with Crippen LogP contribution in [0.2, 0.25) is 0 Å². The van der Waals surface area contributed by atoms with Crippen LogP contribution in [0.1, 0.15) is 54.1 Å². The van der Waals surface area contributed by atoms with Crippen molar-refractivity contribution in [3.63, 3.8) is 0 Å². The van der Waals surface area contributed by atoms with Crippen LogP contribution < -0.4 is 5.32 Å². The number of allylic oxidation sites excluding steroid dienone is 1. The standard InChI is InChI=1S/C25H26F3N3O/c1-3-4-18-12-21(29-10-9-25(26,27)28)24-30-14-22(31(24)15-18)19-7-8-20(16(2)11-19)23(32)13-17-5-6-17/h3-4,7-8,11-12,14-15,17,29H,5-6,9-10,13H2,1-2H3/b4-3+. The highest BCUT2D eigenvalue weighted by Crippen LogP contribution is 2.34. The second-order valence-electron chi connectivity index (χ2n) is 8.42. The lowest BCUT2D eigenvalue weighted by Gasteiger charge is -2.12. The topological polar surface area (TPSA) is 46.4 Å². The summed E-state index contributed by atoms with van der Waals surface area (Å²) in [5.41, 5.74) is 5.33. The second kappa shape index (κ2) is 8.81. The number of hydrogen-bond donors (Lipinski definition) is 1. The smallest absolute Gasteiger partial charge is 0.382 e. The number of imidazole rings is 1. The molecule has 2 aromatic heterocycles. The zero-order valence-corrected chi connectivity index (χ0v) is 18.2. The van der Waals surface area contributed by atoms with Crippen molar-refractivity contribution in [2.45, 2.75) is 45.7 Å². The van der Waals surface area contributed by atoms with Gasteiger partial charge < -0.3 is 5.32 Å².